The summed E-state index contributed by atoms with van der Waals surface area (Å²) in [5.41, 5.74) is 0.934. The third-order valence-electron chi connectivity index (χ3n) is 2.62. The molecule has 2 nitrogen and oxygen atoms in total. The molecule has 1 atom stereocenters. The lowest BCUT2D eigenvalue weighted by Crippen LogP contribution is -2.13. The second-order valence-electron chi connectivity index (χ2n) is 4.12. The van der Waals surface area contributed by atoms with Crippen molar-refractivity contribution in [2.45, 2.75) is 11.3 Å². The molecule has 0 heterocycles. The SMILES string of the molecule is O=C(Cc1ccccc1)CS(=O)c1ccccc1Cl. The molecule has 19 heavy (non-hydrogen) atoms. The first kappa shape index (κ1) is 14.0. The molecule has 0 aromatic heterocycles. The molecule has 1 unspecified atom stereocenters. The summed E-state index contributed by atoms with van der Waals surface area (Å²) in [6.07, 6.45) is 0.303. The number of Topliss-reactive ketones (excluding diaryl/α,β-unsaturated/α-hetero) is 1. The van der Waals surface area contributed by atoms with Gasteiger partial charge in [-0.2, -0.15) is 0 Å². The standard InChI is InChI=1S/C15H13ClO2S/c16-14-8-4-5-9-15(14)19(18)11-13(17)10-12-6-2-1-3-7-12/h1-9H,10-11H2. The number of ketones is 1. The molecule has 0 saturated heterocycles. The Balaban J connectivity index is 2.00. The number of carbonyl (C=O) groups excluding carboxylic acids is 1. The van der Waals surface area contributed by atoms with Crippen molar-refractivity contribution in [3.8, 4) is 0 Å². The van der Waals surface area contributed by atoms with Crippen LogP contribution in [0.5, 0.6) is 0 Å². The Labute approximate surface area is 119 Å². The molecule has 2 aromatic carbocycles. The predicted octanol–water partition coefficient (Wildman–Crippen LogP) is 3.26. The fourth-order valence-corrected chi connectivity index (χ4v) is 3.19. The van der Waals surface area contributed by atoms with Gasteiger partial charge in [0.2, 0.25) is 0 Å². The first-order valence-corrected chi connectivity index (χ1v) is 7.55. The quantitative estimate of drug-likeness (QED) is 0.848. The van der Waals surface area contributed by atoms with Gasteiger partial charge < -0.3 is 0 Å². The molecule has 0 amide bonds. The number of benzene rings is 2. The maximum absolute atomic E-state index is 12.1. The normalized spacial score (nSPS) is 12.1. The molecule has 2 aromatic rings. The van der Waals surface area contributed by atoms with Crippen LogP contribution < -0.4 is 0 Å². The van der Waals surface area contributed by atoms with Crippen LogP contribution in [0.4, 0.5) is 0 Å². The highest BCUT2D eigenvalue weighted by molar-refractivity contribution is 7.85. The monoisotopic (exact) mass is 292 g/mol. The van der Waals surface area contributed by atoms with E-state index in [1.165, 1.54) is 0 Å². The van der Waals surface area contributed by atoms with Gasteiger partial charge in [0.15, 0.2) is 0 Å². The van der Waals surface area contributed by atoms with Crippen LogP contribution in [0.15, 0.2) is 59.5 Å². The lowest BCUT2D eigenvalue weighted by atomic mass is 10.1. The second-order valence-corrected chi connectivity index (χ2v) is 5.95. The highest BCUT2D eigenvalue weighted by atomic mass is 35.5. The molecule has 0 aliphatic carbocycles. The highest BCUT2D eigenvalue weighted by Crippen LogP contribution is 2.19. The van der Waals surface area contributed by atoms with E-state index in [9.17, 15) is 9.00 Å². The van der Waals surface area contributed by atoms with Crippen molar-refractivity contribution < 1.29 is 9.00 Å². The molecular formula is C15H13ClO2S. The van der Waals surface area contributed by atoms with Crippen molar-refractivity contribution in [1.82, 2.24) is 0 Å². The van der Waals surface area contributed by atoms with Gasteiger partial charge in [-0.15, -0.1) is 0 Å². The lowest BCUT2D eigenvalue weighted by Gasteiger charge is -2.04. The van der Waals surface area contributed by atoms with Crippen LogP contribution in [0, 0.1) is 0 Å². The fourth-order valence-electron chi connectivity index (χ4n) is 1.73. The van der Waals surface area contributed by atoms with E-state index in [-0.39, 0.29) is 11.5 Å². The maximum Gasteiger partial charge on any atom is 0.150 e. The van der Waals surface area contributed by atoms with Crippen LogP contribution in [0.2, 0.25) is 5.02 Å². The molecule has 0 N–H and O–H groups in total. The van der Waals surface area contributed by atoms with Gasteiger partial charge in [-0.25, -0.2) is 0 Å². The Bertz CT molecular complexity index is 596. The molecule has 2 rings (SSSR count). The van der Waals surface area contributed by atoms with Gasteiger partial charge in [-0.05, 0) is 17.7 Å². The summed E-state index contributed by atoms with van der Waals surface area (Å²) in [5.74, 6) is -0.0528. The molecule has 98 valence electrons. The Morgan fingerprint density at radius 2 is 1.63 bits per heavy atom. The minimum absolute atomic E-state index is 0.00136. The molecule has 0 saturated carbocycles. The van der Waals surface area contributed by atoms with Gasteiger partial charge in [-0.1, -0.05) is 54.1 Å². The van der Waals surface area contributed by atoms with E-state index in [0.717, 1.165) is 5.56 Å². The molecule has 0 aliphatic rings. The van der Waals surface area contributed by atoms with E-state index in [4.69, 9.17) is 11.6 Å². The topological polar surface area (TPSA) is 34.1 Å². The van der Waals surface area contributed by atoms with E-state index in [0.29, 0.717) is 16.3 Å². The number of hydrogen-bond donors (Lipinski definition) is 0. The van der Waals surface area contributed by atoms with Crippen LogP contribution in [0.1, 0.15) is 5.56 Å². The van der Waals surface area contributed by atoms with Crippen molar-refractivity contribution in [1.29, 1.82) is 0 Å². The smallest absolute Gasteiger partial charge is 0.150 e. The molecule has 0 bridgehead atoms. The second kappa shape index (κ2) is 6.64. The maximum atomic E-state index is 12.1. The number of carbonyl (C=O) groups is 1. The first-order chi connectivity index (χ1) is 9.16. The highest BCUT2D eigenvalue weighted by Gasteiger charge is 2.13. The van der Waals surface area contributed by atoms with Crippen LogP contribution in [-0.2, 0) is 22.0 Å². The Hall–Kier alpha value is -1.45. The van der Waals surface area contributed by atoms with E-state index < -0.39 is 10.8 Å². The van der Waals surface area contributed by atoms with Crippen molar-refractivity contribution in [2.24, 2.45) is 0 Å². The zero-order valence-corrected chi connectivity index (χ0v) is 11.8. The van der Waals surface area contributed by atoms with E-state index >= 15 is 0 Å². The summed E-state index contributed by atoms with van der Waals surface area (Å²) in [6, 6.07) is 16.3. The summed E-state index contributed by atoms with van der Waals surface area (Å²) in [5, 5.41) is 0.438. The van der Waals surface area contributed by atoms with E-state index in [2.05, 4.69) is 0 Å². The summed E-state index contributed by atoms with van der Waals surface area (Å²) in [6.45, 7) is 0. The van der Waals surface area contributed by atoms with E-state index in [1.807, 2.05) is 30.3 Å². The Kier molecular flexibility index (Phi) is 4.88. The van der Waals surface area contributed by atoms with Crippen LogP contribution in [0.25, 0.3) is 0 Å². The average molecular weight is 293 g/mol. The van der Waals surface area contributed by atoms with Gasteiger partial charge >= 0.3 is 0 Å². The van der Waals surface area contributed by atoms with Crippen LogP contribution in [-0.4, -0.2) is 15.7 Å². The summed E-state index contributed by atoms with van der Waals surface area (Å²) >= 11 is 5.96. The van der Waals surface area contributed by atoms with Crippen molar-refractivity contribution in [3.05, 3.63) is 65.2 Å². The number of rotatable bonds is 5. The molecule has 0 aliphatic heterocycles. The molecule has 0 radical (unpaired) electrons. The minimum Gasteiger partial charge on any atom is -0.298 e. The summed E-state index contributed by atoms with van der Waals surface area (Å²) in [7, 11) is -1.38. The van der Waals surface area contributed by atoms with Crippen molar-refractivity contribution in [2.75, 3.05) is 5.75 Å². The largest absolute Gasteiger partial charge is 0.298 e. The van der Waals surface area contributed by atoms with Gasteiger partial charge in [0.1, 0.15) is 5.78 Å². The Morgan fingerprint density at radius 1 is 1.00 bits per heavy atom. The number of hydrogen-bond acceptors (Lipinski definition) is 2. The molecule has 0 fully saturated rings. The molecule has 0 spiro atoms. The van der Waals surface area contributed by atoms with Gasteiger partial charge in [0, 0.05) is 6.42 Å². The predicted molar refractivity (Wildman–Crippen MR) is 77.9 cm³/mol. The minimum atomic E-state index is -1.38. The van der Waals surface area contributed by atoms with Gasteiger partial charge in [-0.3, -0.25) is 9.00 Å². The van der Waals surface area contributed by atoms with Gasteiger partial charge in [0.05, 0.1) is 26.5 Å². The third kappa shape index (κ3) is 4.01. The zero-order chi connectivity index (χ0) is 13.7. The lowest BCUT2D eigenvalue weighted by molar-refractivity contribution is -0.116. The number of halogens is 1. The van der Waals surface area contributed by atoms with E-state index in [1.54, 1.807) is 24.3 Å². The van der Waals surface area contributed by atoms with Gasteiger partial charge in [0.25, 0.3) is 0 Å². The molecular weight excluding hydrogens is 280 g/mol. The first-order valence-electron chi connectivity index (χ1n) is 5.85. The summed E-state index contributed by atoms with van der Waals surface area (Å²) < 4.78 is 12.1. The third-order valence-corrected chi connectivity index (χ3v) is 4.49. The zero-order valence-electron chi connectivity index (χ0n) is 10.2. The van der Waals surface area contributed by atoms with Crippen molar-refractivity contribution in [3.63, 3.8) is 0 Å². The molecule has 4 heteroatoms. The summed E-state index contributed by atoms with van der Waals surface area (Å²) in [4.78, 5) is 12.4. The Morgan fingerprint density at radius 3 is 2.32 bits per heavy atom. The van der Waals surface area contributed by atoms with Crippen molar-refractivity contribution >= 4 is 28.2 Å². The fraction of sp³-hybridized carbons (Fsp3) is 0.133. The van der Waals surface area contributed by atoms with Crippen LogP contribution >= 0.6 is 11.6 Å². The average Bonchev–Trinajstić information content (AvgIpc) is 2.40. The van der Waals surface area contributed by atoms with Crippen LogP contribution in [0.3, 0.4) is 0 Å².